The molecule has 16 heteroatoms. The topological polar surface area (TPSA) is 209 Å². The van der Waals surface area contributed by atoms with E-state index in [0.717, 1.165) is 0 Å². The zero-order valence-corrected chi connectivity index (χ0v) is 38.0. The molecule has 3 fully saturated rings. The first-order chi connectivity index (χ1) is 27.9. The van der Waals surface area contributed by atoms with Crippen LogP contribution in [0.5, 0.6) is 0 Å². The van der Waals surface area contributed by atoms with E-state index in [1.807, 2.05) is 44.2 Å². The van der Waals surface area contributed by atoms with Crippen molar-refractivity contribution in [3.63, 3.8) is 0 Å². The molecule has 344 valence electrons. The van der Waals surface area contributed by atoms with Crippen LogP contribution in [0.2, 0.25) is 0 Å². The molecule has 3 aliphatic heterocycles. The number of carbonyl (C=O) groups is 2. The van der Waals surface area contributed by atoms with Gasteiger partial charge in [0.05, 0.1) is 47.6 Å². The minimum atomic E-state index is -1.84. The van der Waals surface area contributed by atoms with Crippen molar-refractivity contribution in [3.05, 3.63) is 30.3 Å². The van der Waals surface area contributed by atoms with E-state index in [4.69, 9.17) is 28.4 Å². The first kappa shape index (κ1) is 50.2. The van der Waals surface area contributed by atoms with Crippen molar-refractivity contribution < 1.29 is 63.5 Å². The van der Waals surface area contributed by atoms with Crippen LogP contribution >= 0.6 is 0 Å². The van der Waals surface area contributed by atoms with Crippen LogP contribution in [0.4, 0.5) is 10.5 Å². The number of likely N-dealkylation sites (N-methyl/N-ethyl adjacent to an activating group) is 1. The summed E-state index contributed by atoms with van der Waals surface area (Å²) in [6.07, 6.45) is -9.89. The van der Waals surface area contributed by atoms with Crippen LogP contribution in [-0.4, -0.2) is 160 Å². The van der Waals surface area contributed by atoms with Gasteiger partial charge in [0.1, 0.15) is 30.0 Å². The molecule has 3 saturated heterocycles. The van der Waals surface area contributed by atoms with Crippen molar-refractivity contribution in [3.8, 4) is 0 Å². The second-order valence-corrected chi connectivity index (χ2v) is 18.5. The first-order valence-corrected chi connectivity index (χ1v) is 21.5. The molecule has 0 radical (unpaired) electrons. The highest BCUT2D eigenvalue weighted by Gasteiger charge is 2.53. The lowest BCUT2D eigenvalue weighted by Gasteiger charge is -2.49. The molecule has 0 saturated carbocycles. The number of benzene rings is 1. The summed E-state index contributed by atoms with van der Waals surface area (Å²) in [6.45, 7) is 17.4. The van der Waals surface area contributed by atoms with Crippen molar-refractivity contribution in [2.75, 3.05) is 32.6 Å². The number of amides is 2. The summed E-state index contributed by atoms with van der Waals surface area (Å²) < 4.78 is 37.7. The summed E-state index contributed by atoms with van der Waals surface area (Å²) in [7, 11) is 4.77. The van der Waals surface area contributed by atoms with Crippen LogP contribution in [0, 0.1) is 17.8 Å². The Bertz CT molecular complexity index is 1540. The molecule has 4 rings (SSSR count). The lowest BCUT2D eigenvalue weighted by molar-refractivity contribution is -0.317. The normalized spacial score (nSPS) is 43.9. The van der Waals surface area contributed by atoms with Gasteiger partial charge in [-0.05, 0) is 92.3 Å². The third-order valence-electron chi connectivity index (χ3n) is 13.3. The number of aliphatic hydroxyl groups is 5. The van der Waals surface area contributed by atoms with E-state index in [1.165, 1.54) is 23.8 Å². The zero-order chi connectivity index (χ0) is 45.1. The second-order valence-electron chi connectivity index (χ2n) is 18.5. The summed E-state index contributed by atoms with van der Waals surface area (Å²) in [5.41, 5.74) is -3.91. The van der Waals surface area contributed by atoms with Crippen molar-refractivity contribution >= 4 is 17.7 Å². The number of nitrogens with zero attached hydrogens (tertiary/aromatic N) is 2. The van der Waals surface area contributed by atoms with Gasteiger partial charge in [0, 0.05) is 45.3 Å². The van der Waals surface area contributed by atoms with Gasteiger partial charge >= 0.3 is 12.0 Å². The summed E-state index contributed by atoms with van der Waals surface area (Å²) in [6, 6.07) is 7.42. The van der Waals surface area contributed by atoms with Crippen molar-refractivity contribution in [2.45, 2.75) is 185 Å². The summed E-state index contributed by atoms with van der Waals surface area (Å²) in [4.78, 5) is 31.1. The number of hydrogen-bond acceptors (Lipinski definition) is 14. The van der Waals surface area contributed by atoms with Gasteiger partial charge in [-0.3, -0.25) is 9.69 Å². The van der Waals surface area contributed by atoms with Crippen LogP contribution in [-0.2, 0) is 33.2 Å². The highest BCUT2D eigenvalue weighted by atomic mass is 16.7. The fourth-order valence-corrected chi connectivity index (χ4v) is 9.37. The molecule has 60 heavy (non-hydrogen) atoms. The molecule has 0 spiro atoms. The maximum Gasteiger partial charge on any atom is 0.324 e. The monoisotopic (exact) mass is 854 g/mol. The number of anilines is 1. The maximum atomic E-state index is 14.3. The Morgan fingerprint density at radius 1 is 0.933 bits per heavy atom. The van der Waals surface area contributed by atoms with Gasteiger partial charge in [-0.15, -0.1) is 0 Å². The first-order valence-electron chi connectivity index (χ1n) is 21.5. The third kappa shape index (κ3) is 11.2. The molecular weight excluding hydrogens is 778 g/mol. The van der Waals surface area contributed by atoms with E-state index in [9.17, 15) is 35.1 Å². The molecule has 6 N–H and O–H groups in total. The molecule has 3 aliphatic rings. The molecule has 0 unspecified atom stereocenters. The SMILES string of the molecule is CC[C@H]1OC(=O)[C@H](C)[C@@H](O[C@H]2C[C@@](C)(OC)[C@H](O)[C@H](C)O2)[C@H](C)[C@@H](O[C@@H]2O[C@H](C)C[C@H](N(C)C(=O)N(C)c3ccccc3)[C@H]2O)[C@](C)(O)C[C@@H](C)CN[C@H](C)[C@@H](O)[C@]1(C)O. The number of aliphatic hydroxyl groups excluding tert-OH is 3. The molecule has 0 bridgehead atoms. The summed E-state index contributed by atoms with van der Waals surface area (Å²) in [5.74, 6) is -2.90. The van der Waals surface area contributed by atoms with Crippen LogP contribution in [0.25, 0.3) is 0 Å². The highest BCUT2D eigenvalue weighted by molar-refractivity contribution is 5.91. The maximum absolute atomic E-state index is 14.3. The number of urea groups is 1. The van der Waals surface area contributed by atoms with Crippen molar-refractivity contribution in [1.82, 2.24) is 10.2 Å². The Balaban J connectivity index is 1.78. The number of nitrogens with one attached hydrogen (secondary N) is 1. The lowest BCUT2D eigenvalue weighted by atomic mass is 9.77. The van der Waals surface area contributed by atoms with Gasteiger partial charge in [0.2, 0.25) is 0 Å². The number of methoxy groups -OCH3 is 1. The molecule has 2 amide bonds. The van der Waals surface area contributed by atoms with Gasteiger partial charge in [0.15, 0.2) is 12.6 Å². The van der Waals surface area contributed by atoms with Crippen LogP contribution in [0.1, 0.15) is 94.9 Å². The number of para-hydroxylation sites is 1. The molecular formula is C44H75N3O13. The van der Waals surface area contributed by atoms with Crippen molar-refractivity contribution in [2.24, 2.45) is 17.8 Å². The number of rotatable bonds is 8. The predicted molar refractivity (Wildman–Crippen MR) is 224 cm³/mol. The van der Waals surface area contributed by atoms with Gasteiger partial charge in [-0.2, -0.15) is 0 Å². The lowest BCUT2D eigenvalue weighted by Crippen LogP contribution is -2.61. The van der Waals surface area contributed by atoms with Crippen molar-refractivity contribution in [1.29, 1.82) is 0 Å². The fraction of sp³-hybridized carbons (Fsp3) is 0.818. The van der Waals surface area contributed by atoms with E-state index in [-0.39, 0.29) is 31.2 Å². The van der Waals surface area contributed by atoms with Gasteiger partial charge in [-0.25, -0.2) is 4.79 Å². The van der Waals surface area contributed by atoms with E-state index in [1.54, 1.807) is 62.6 Å². The molecule has 1 aromatic rings. The highest BCUT2D eigenvalue weighted by Crippen LogP contribution is 2.40. The summed E-state index contributed by atoms with van der Waals surface area (Å²) >= 11 is 0. The Morgan fingerprint density at radius 2 is 1.57 bits per heavy atom. The number of cyclic esters (lactones) is 1. The van der Waals surface area contributed by atoms with Gasteiger partial charge < -0.3 is 64.2 Å². The largest absolute Gasteiger partial charge is 0.459 e. The standard InChI is InChI=1S/C44H75N3O13/c1-14-32-44(10,54)36(49)28(6)45-23-24(2)21-42(8,53)38(26(4)35(27(5)39(51)58-32)59-33-22-43(9,55-13)37(50)29(7)57-33)60-40-34(48)31(20-25(3)56-40)47(12)41(52)46(11)30-18-16-15-17-19-30/h15-19,24-29,31-38,40,45,48-50,53-54H,14,20-23H2,1-13H3/t24-,25-,26+,27-,28-,29+,31+,32-,33+,34-,35+,36-,37-,38-,40+,42-,43-,44-/m1/s1. The zero-order valence-electron chi connectivity index (χ0n) is 38.0. The summed E-state index contributed by atoms with van der Waals surface area (Å²) in [5, 5.41) is 62.0. The molecule has 0 aromatic heterocycles. The minimum absolute atomic E-state index is 0.0857. The van der Waals surface area contributed by atoms with E-state index >= 15 is 0 Å². The fourth-order valence-electron chi connectivity index (χ4n) is 9.37. The van der Waals surface area contributed by atoms with E-state index in [0.29, 0.717) is 18.7 Å². The quantitative estimate of drug-likeness (QED) is 0.208. The average Bonchev–Trinajstić information content (AvgIpc) is 3.20. The van der Waals surface area contributed by atoms with Crippen LogP contribution in [0.3, 0.4) is 0 Å². The van der Waals surface area contributed by atoms with Gasteiger partial charge in [-0.1, -0.05) is 39.0 Å². The Hall–Kier alpha value is -2.48. The second kappa shape index (κ2) is 20.4. The van der Waals surface area contributed by atoms with Crippen LogP contribution < -0.4 is 10.2 Å². The van der Waals surface area contributed by atoms with Gasteiger partial charge in [0.25, 0.3) is 0 Å². The van der Waals surface area contributed by atoms with Crippen LogP contribution in [0.15, 0.2) is 30.3 Å². The predicted octanol–water partition coefficient (Wildman–Crippen LogP) is 3.19. The molecule has 1 aromatic carbocycles. The van der Waals surface area contributed by atoms with E-state index < -0.39 is 108 Å². The molecule has 18 atom stereocenters. The molecule has 3 heterocycles. The molecule has 16 nitrogen and oxygen atoms in total. The minimum Gasteiger partial charge on any atom is -0.459 e. The Labute approximate surface area is 356 Å². The third-order valence-corrected chi connectivity index (χ3v) is 13.3. The Kier molecular flexibility index (Phi) is 17.0. The average molecular weight is 854 g/mol. The smallest absolute Gasteiger partial charge is 0.324 e. The number of hydrogen-bond donors (Lipinski definition) is 6. The number of esters is 1. The molecule has 0 aliphatic carbocycles. The number of carbonyl (C=O) groups excluding carboxylic acids is 2. The Morgan fingerprint density at radius 3 is 2.17 bits per heavy atom. The van der Waals surface area contributed by atoms with E-state index in [2.05, 4.69) is 5.32 Å². The number of ether oxygens (including phenoxy) is 6.